The maximum atomic E-state index is 11.0. The SMILES string of the molecule is O=C(O)c1cc(OC2CC3CCC2C3)ccc1Cl. The fraction of sp³-hybridized carbons (Fsp3) is 0.500. The van der Waals surface area contributed by atoms with Crippen molar-refractivity contribution in [3.8, 4) is 5.75 Å². The first-order valence-electron chi connectivity index (χ1n) is 6.33. The Kier molecular flexibility index (Phi) is 2.94. The van der Waals surface area contributed by atoms with Gasteiger partial charge in [-0.3, -0.25) is 0 Å². The third-order valence-corrected chi connectivity index (χ3v) is 4.46. The zero-order valence-corrected chi connectivity index (χ0v) is 10.7. The summed E-state index contributed by atoms with van der Waals surface area (Å²) in [6.07, 6.45) is 5.20. The number of rotatable bonds is 3. The van der Waals surface area contributed by atoms with Crippen LogP contribution in [0.4, 0.5) is 0 Å². The van der Waals surface area contributed by atoms with E-state index in [9.17, 15) is 4.79 Å². The Hall–Kier alpha value is -1.22. The highest BCUT2D eigenvalue weighted by Crippen LogP contribution is 2.46. The Morgan fingerprint density at radius 2 is 2.17 bits per heavy atom. The van der Waals surface area contributed by atoms with Crippen molar-refractivity contribution in [1.82, 2.24) is 0 Å². The number of carboxylic acid groups (broad SMARTS) is 1. The van der Waals surface area contributed by atoms with Gasteiger partial charge in [0.05, 0.1) is 10.6 Å². The van der Waals surface area contributed by atoms with Gasteiger partial charge in [-0.25, -0.2) is 4.79 Å². The molecular weight excluding hydrogens is 252 g/mol. The molecule has 3 rings (SSSR count). The van der Waals surface area contributed by atoms with E-state index in [1.54, 1.807) is 12.1 Å². The number of fused-ring (bicyclic) bond motifs is 2. The van der Waals surface area contributed by atoms with Crippen LogP contribution < -0.4 is 4.74 Å². The molecule has 0 spiro atoms. The third kappa shape index (κ3) is 2.07. The van der Waals surface area contributed by atoms with E-state index in [4.69, 9.17) is 21.4 Å². The molecule has 0 amide bonds. The number of carboxylic acids is 1. The van der Waals surface area contributed by atoms with E-state index in [0.717, 1.165) is 12.3 Å². The molecule has 1 aromatic rings. The van der Waals surface area contributed by atoms with Crippen LogP contribution in [0.2, 0.25) is 5.02 Å². The summed E-state index contributed by atoms with van der Waals surface area (Å²) in [5.41, 5.74) is 0.109. The first kappa shape index (κ1) is 11.8. The molecule has 2 aliphatic carbocycles. The van der Waals surface area contributed by atoms with Crippen LogP contribution in [0.5, 0.6) is 5.75 Å². The molecule has 3 atom stereocenters. The molecule has 0 saturated heterocycles. The van der Waals surface area contributed by atoms with Gasteiger partial charge in [-0.2, -0.15) is 0 Å². The molecule has 2 saturated carbocycles. The summed E-state index contributed by atoms with van der Waals surface area (Å²) in [4.78, 5) is 11.0. The topological polar surface area (TPSA) is 46.5 Å². The van der Waals surface area contributed by atoms with Gasteiger partial charge >= 0.3 is 5.97 Å². The van der Waals surface area contributed by atoms with E-state index in [2.05, 4.69) is 0 Å². The molecule has 0 heterocycles. The maximum absolute atomic E-state index is 11.0. The van der Waals surface area contributed by atoms with E-state index in [1.807, 2.05) is 0 Å². The van der Waals surface area contributed by atoms with Crippen LogP contribution in [-0.4, -0.2) is 17.2 Å². The van der Waals surface area contributed by atoms with E-state index >= 15 is 0 Å². The van der Waals surface area contributed by atoms with Gasteiger partial charge in [0, 0.05) is 0 Å². The Morgan fingerprint density at radius 1 is 1.33 bits per heavy atom. The van der Waals surface area contributed by atoms with Crippen LogP contribution >= 0.6 is 11.6 Å². The van der Waals surface area contributed by atoms with E-state index in [1.165, 1.54) is 25.3 Å². The minimum Gasteiger partial charge on any atom is -0.490 e. The monoisotopic (exact) mass is 266 g/mol. The lowest BCUT2D eigenvalue weighted by Crippen LogP contribution is -2.23. The van der Waals surface area contributed by atoms with E-state index in [-0.39, 0.29) is 16.7 Å². The predicted octanol–water partition coefficient (Wildman–Crippen LogP) is 3.61. The Balaban J connectivity index is 1.77. The van der Waals surface area contributed by atoms with Gasteiger partial charge in [0.1, 0.15) is 11.9 Å². The van der Waals surface area contributed by atoms with Crippen LogP contribution in [0.3, 0.4) is 0 Å². The van der Waals surface area contributed by atoms with Crippen LogP contribution in [0.1, 0.15) is 36.0 Å². The molecule has 0 aromatic heterocycles. The summed E-state index contributed by atoms with van der Waals surface area (Å²) in [5.74, 6) is 1.07. The summed E-state index contributed by atoms with van der Waals surface area (Å²) >= 11 is 5.83. The lowest BCUT2D eigenvalue weighted by atomic mass is 9.98. The molecule has 0 radical (unpaired) electrons. The largest absolute Gasteiger partial charge is 0.490 e. The molecule has 4 heteroatoms. The molecule has 3 unspecified atom stereocenters. The molecule has 2 fully saturated rings. The van der Waals surface area contributed by atoms with Crippen molar-refractivity contribution in [3.63, 3.8) is 0 Å². The molecule has 96 valence electrons. The number of benzene rings is 1. The quantitative estimate of drug-likeness (QED) is 0.909. The second kappa shape index (κ2) is 4.47. The molecule has 3 nitrogen and oxygen atoms in total. The molecular formula is C14H15ClO3. The summed E-state index contributed by atoms with van der Waals surface area (Å²) in [5, 5.41) is 9.27. The van der Waals surface area contributed by atoms with Crippen LogP contribution in [0.15, 0.2) is 18.2 Å². The Morgan fingerprint density at radius 3 is 2.78 bits per heavy atom. The zero-order valence-electron chi connectivity index (χ0n) is 9.93. The third-order valence-electron chi connectivity index (χ3n) is 4.13. The average molecular weight is 267 g/mol. The number of aromatic carboxylic acids is 1. The molecule has 1 N–H and O–H groups in total. The summed E-state index contributed by atoms with van der Waals surface area (Å²) in [7, 11) is 0. The van der Waals surface area contributed by atoms with Gasteiger partial charge < -0.3 is 9.84 Å². The van der Waals surface area contributed by atoms with Gasteiger partial charge in [-0.1, -0.05) is 11.6 Å². The maximum Gasteiger partial charge on any atom is 0.337 e. The molecule has 0 aliphatic heterocycles. The minimum atomic E-state index is -1.02. The number of hydrogen-bond donors (Lipinski definition) is 1. The number of hydrogen-bond acceptors (Lipinski definition) is 2. The lowest BCUT2D eigenvalue weighted by molar-refractivity contribution is 0.0695. The predicted molar refractivity (Wildman–Crippen MR) is 68.3 cm³/mol. The standard InChI is InChI=1S/C14H15ClO3/c15-12-4-3-10(7-11(12)14(16)17)18-13-6-8-1-2-9(13)5-8/h3-4,7-9,13H,1-2,5-6H2,(H,16,17). The second-order valence-corrected chi connectivity index (χ2v) is 5.69. The van der Waals surface area contributed by atoms with Crippen molar-refractivity contribution >= 4 is 17.6 Å². The fourth-order valence-corrected chi connectivity index (χ4v) is 3.45. The second-order valence-electron chi connectivity index (χ2n) is 5.28. The summed E-state index contributed by atoms with van der Waals surface area (Å²) in [6, 6.07) is 4.87. The Labute approximate surface area is 111 Å². The fourth-order valence-electron chi connectivity index (χ4n) is 3.25. The number of halogens is 1. The average Bonchev–Trinajstić information content (AvgIpc) is 2.93. The Bertz CT molecular complexity index is 486. The smallest absolute Gasteiger partial charge is 0.337 e. The number of ether oxygens (including phenoxy) is 1. The van der Waals surface area contributed by atoms with Gasteiger partial charge in [-0.05, 0) is 55.7 Å². The van der Waals surface area contributed by atoms with Crippen molar-refractivity contribution in [1.29, 1.82) is 0 Å². The van der Waals surface area contributed by atoms with Crippen molar-refractivity contribution < 1.29 is 14.6 Å². The van der Waals surface area contributed by atoms with E-state index < -0.39 is 5.97 Å². The molecule has 2 aliphatic rings. The van der Waals surface area contributed by atoms with Crippen molar-refractivity contribution in [2.75, 3.05) is 0 Å². The first-order valence-corrected chi connectivity index (χ1v) is 6.71. The van der Waals surface area contributed by atoms with Crippen molar-refractivity contribution in [2.24, 2.45) is 11.8 Å². The molecule has 2 bridgehead atoms. The van der Waals surface area contributed by atoms with Gasteiger partial charge in [0.2, 0.25) is 0 Å². The van der Waals surface area contributed by atoms with E-state index in [0.29, 0.717) is 11.7 Å². The first-order chi connectivity index (χ1) is 8.63. The van der Waals surface area contributed by atoms with Crippen LogP contribution in [0, 0.1) is 11.8 Å². The van der Waals surface area contributed by atoms with Gasteiger partial charge in [0.15, 0.2) is 0 Å². The minimum absolute atomic E-state index is 0.109. The highest BCUT2D eigenvalue weighted by molar-refractivity contribution is 6.33. The zero-order chi connectivity index (χ0) is 12.7. The molecule has 1 aromatic carbocycles. The van der Waals surface area contributed by atoms with Crippen molar-refractivity contribution in [3.05, 3.63) is 28.8 Å². The lowest BCUT2D eigenvalue weighted by Gasteiger charge is -2.23. The highest BCUT2D eigenvalue weighted by Gasteiger charge is 2.40. The normalized spacial score (nSPS) is 29.5. The summed E-state index contributed by atoms with van der Waals surface area (Å²) < 4.78 is 5.93. The molecule has 18 heavy (non-hydrogen) atoms. The van der Waals surface area contributed by atoms with Crippen LogP contribution in [-0.2, 0) is 0 Å². The highest BCUT2D eigenvalue weighted by atomic mass is 35.5. The van der Waals surface area contributed by atoms with Crippen molar-refractivity contribution in [2.45, 2.75) is 31.8 Å². The van der Waals surface area contributed by atoms with Crippen LogP contribution in [0.25, 0.3) is 0 Å². The number of carbonyl (C=O) groups is 1. The summed E-state index contributed by atoms with van der Waals surface area (Å²) in [6.45, 7) is 0. The van der Waals surface area contributed by atoms with Gasteiger partial charge in [0.25, 0.3) is 0 Å². The van der Waals surface area contributed by atoms with Gasteiger partial charge in [-0.15, -0.1) is 0 Å².